The Morgan fingerprint density at radius 1 is 1.24 bits per heavy atom. The van der Waals surface area contributed by atoms with Crippen molar-refractivity contribution in [3.63, 3.8) is 0 Å². The predicted octanol–water partition coefficient (Wildman–Crippen LogP) is 3.84. The first-order valence-corrected chi connectivity index (χ1v) is 5.56. The molecule has 0 bridgehead atoms. The van der Waals surface area contributed by atoms with Crippen LogP contribution >= 0.6 is 11.3 Å². The van der Waals surface area contributed by atoms with Crippen LogP contribution in [0.3, 0.4) is 0 Å². The molecule has 0 saturated carbocycles. The van der Waals surface area contributed by atoms with Gasteiger partial charge in [-0.05, 0) is 12.1 Å². The molecule has 6 heteroatoms. The topological polar surface area (TPSA) is 22.1 Å². The van der Waals surface area contributed by atoms with Gasteiger partial charge in [0.15, 0.2) is 5.69 Å². The van der Waals surface area contributed by atoms with E-state index in [1.807, 2.05) is 0 Å². The minimum absolute atomic E-state index is 0.301. The summed E-state index contributed by atoms with van der Waals surface area (Å²) in [5, 5.41) is 1.30. The largest absolute Gasteiger partial charge is 0.496 e. The van der Waals surface area contributed by atoms with Crippen molar-refractivity contribution in [1.29, 1.82) is 0 Å². The monoisotopic (exact) mass is 259 g/mol. The second-order valence-electron chi connectivity index (χ2n) is 3.24. The predicted molar refractivity (Wildman–Crippen MR) is 59.1 cm³/mol. The Morgan fingerprint density at radius 3 is 2.53 bits per heavy atom. The summed E-state index contributed by atoms with van der Waals surface area (Å²) in [6.07, 6.45) is -4.41. The third-order valence-electron chi connectivity index (χ3n) is 2.13. The van der Waals surface area contributed by atoms with Crippen LogP contribution in [0.25, 0.3) is 10.6 Å². The van der Waals surface area contributed by atoms with Gasteiger partial charge in [-0.25, -0.2) is 4.98 Å². The molecule has 2 aromatic rings. The van der Waals surface area contributed by atoms with Crippen molar-refractivity contribution in [3.05, 3.63) is 35.3 Å². The van der Waals surface area contributed by atoms with Crippen molar-refractivity contribution in [3.8, 4) is 16.3 Å². The van der Waals surface area contributed by atoms with Crippen LogP contribution < -0.4 is 4.74 Å². The number of ether oxygens (including phenoxy) is 1. The first-order chi connectivity index (χ1) is 8.02. The number of hydrogen-bond acceptors (Lipinski definition) is 3. The highest BCUT2D eigenvalue weighted by Crippen LogP contribution is 2.36. The Hall–Kier alpha value is -1.56. The number of halogens is 3. The van der Waals surface area contributed by atoms with Crippen LogP contribution in [-0.2, 0) is 6.18 Å². The zero-order valence-electron chi connectivity index (χ0n) is 8.78. The van der Waals surface area contributed by atoms with Gasteiger partial charge in [0.1, 0.15) is 10.8 Å². The molecule has 0 N–H and O–H groups in total. The fraction of sp³-hybridized carbons (Fsp3) is 0.182. The van der Waals surface area contributed by atoms with Gasteiger partial charge in [-0.3, -0.25) is 0 Å². The lowest BCUT2D eigenvalue weighted by molar-refractivity contribution is -0.140. The third-order valence-corrected chi connectivity index (χ3v) is 3.01. The number of methoxy groups -OCH3 is 1. The standard InChI is InChI=1S/C11H8F3NOS/c1-16-8-5-3-2-4-7(8)10-15-9(6-17-10)11(12,13)14/h2-6H,1H3. The van der Waals surface area contributed by atoms with Crippen molar-refractivity contribution in [2.75, 3.05) is 7.11 Å². The Labute approximate surface area is 99.7 Å². The number of nitrogens with zero attached hydrogens (tertiary/aromatic N) is 1. The number of rotatable bonds is 2. The number of hydrogen-bond donors (Lipinski definition) is 0. The van der Waals surface area contributed by atoms with Gasteiger partial charge in [-0.2, -0.15) is 13.2 Å². The van der Waals surface area contributed by atoms with Gasteiger partial charge < -0.3 is 4.74 Å². The maximum atomic E-state index is 12.4. The van der Waals surface area contributed by atoms with Gasteiger partial charge in [-0.1, -0.05) is 12.1 Å². The van der Waals surface area contributed by atoms with Crippen LogP contribution in [0.4, 0.5) is 13.2 Å². The summed E-state index contributed by atoms with van der Waals surface area (Å²) in [5.74, 6) is 0.510. The molecule has 0 unspecified atom stereocenters. The lowest BCUT2D eigenvalue weighted by Gasteiger charge is -2.05. The lowest BCUT2D eigenvalue weighted by atomic mass is 10.2. The van der Waals surface area contributed by atoms with Gasteiger partial charge in [0.2, 0.25) is 0 Å². The number of aromatic nitrogens is 1. The summed E-state index contributed by atoms with van der Waals surface area (Å²) in [6, 6.07) is 6.84. The van der Waals surface area contributed by atoms with E-state index in [1.54, 1.807) is 24.3 Å². The smallest absolute Gasteiger partial charge is 0.434 e. The molecule has 0 aliphatic carbocycles. The number of alkyl halides is 3. The van der Waals surface area contributed by atoms with E-state index in [4.69, 9.17) is 4.74 Å². The molecule has 0 radical (unpaired) electrons. The van der Waals surface area contributed by atoms with Crippen molar-refractivity contribution in [2.24, 2.45) is 0 Å². The Balaban J connectivity index is 2.44. The highest BCUT2D eigenvalue weighted by Gasteiger charge is 2.34. The fourth-order valence-electron chi connectivity index (χ4n) is 1.35. The summed E-state index contributed by atoms with van der Waals surface area (Å²) in [6.45, 7) is 0. The van der Waals surface area contributed by atoms with Crippen LogP contribution in [0.5, 0.6) is 5.75 Å². The maximum absolute atomic E-state index is 12.4. The first kappa shape index (κ1) is 11.9. The van der Waals surface area contributed by atoms with E-state index >= 15 is 0 Å². The van der Waals surface area contributed by atoms with E-state index in [1.165, 1.54) is 7.11 Å². The van der Waals surface area contributed by atoms with Crippen LogP contribution in [0.15, 0.2) is 29.6 Å². The lowest BCUT2D eigenvalue weighted by Crippen LogP contribution is -2.04. The van der Waals surface area contributed by atoms with Gasteiger partial charge in [0.25, 0.3) is 0 Å². The first-order valence-electron chi connectivity index (χ1n) is 4.68. The van der Waals surface area contributed by atoms with Crippen LogP contribution in [0.2, 0.25) is 0 Å². The molecule has 0 fully saturated rings. The Bertz CT molecular complexity index is 521. The van der Waals surface area contributed by atoms with Gasteiger partial charge >= 0.3 is 6.18 Å². The molecule has 0 amide bonds. The Morgan fingerprint density at radius 2 is 1.94 bits per heavy atom. The molecule has 0 atom stereocenters. The van der Waals surface area contributed by atoms with Crippen molar-refractivity contribution in [1.82, 2.24) is 4.98 Å². The minimum Gasteiger partial charge on any atom is -0.496 e. The van der Waals surface area contributed by atoms with E-state index in [0.717, 1.165) is 16.7 Å². The number of para-hydroxylation sites is 1. The molecular formula is C11H8F3NOS. The molecule has 1 aromatic heterocycles. The normalized spacial score (nSPS) is 11.5. The third kappa shape index (κ3) is 2.41. The molecule has 17 heavy (non-hydrogen) atoms. The highest BCUT2D eigenvalue weighted by molar-refractivity contribution is 7.13. The van der Waals surface area contributed by atoms with E-state index in [9.17, 15) is 13.2 Å². The van der Waals surface area contributed by atoms with E-state index in [2.05, 4.69) is 4.98 Å². The SMILES string of the molecule is COc1ccccc1-c1nc(C(F)(F)F)cs1. The minimum atomic E-state index is -4.41. The maximum Gasteiger partial charge on any atom is 0.434 e. The molecule has 0 aliphatic rings. The summed E-state index contributed by atoms with van der Waals surface area (Å²) in [4.78, 5) is 3.57. The molecule has 2 rings (SSSR count). The summed E-state index contributed by atoms with van der Waals surface area (Å²) < 4.78 is 42.3. The molecule has 2 nitrogen and oxygen atoms in total. The van der Waals surface area contributed by atoms with Gasteiger partial charge in [-0.15, -0.1) is 11.3 Å². The molecule has 1 heterocycles. The van der Waals surface area contributed by atoms with E-state index in [-0.39, 0.29) is 0 Å². The van der Waals surface area contributed by atoms with Crippen LogP contribution in [0, 0.1) is 0 Å². The van der Waals surface area contributed by atoms with E-state index < -0.39 is 11.9 Å². The zero-order chi connectivity index (χ0) is 12.5. The second-order valence-corrected chi connectivity index (χ2v) is 4.09. The average molecular weight is 259 g/mol. The summed E-state index contributed by atoms with van der Waals surface area (Å²) in [5.41, 5.74) is -0.307. The molecular weight excluding hydrogens is 251 g/mol. The van der Waals surface area contributed by atoms with Crippen LogP contribution in [-0.4, -0.2) is 12.1 Å². The van der Waals surface area contributed by atoms with Crippen LogP contribution in [0.1, 0.15) is 5.69 Å². The zero-order valence-corrected chi connectivity index (χ0v) is 9.60. The van der Waals surface area contributed by atoms with Crippen molar-refractivity contribution >= 4 is 11.3 Å². The number of benzene rings is 1. The summed E-state index contributed by atoms with van der Waals surface area (Å²) >= 11 is 0.948. The fourth-order valence-corrected chi connectivity index (χ4v) is 2.21. The van der Waals surface area contributed by atoms with Crippen molar-refractivity contribution in [2.45, 2.75) is 6.18 Å². The molecule has 0 aliphatic heterocycles. The second kappa shape index (κ2) is 4.37. The highest BCUT2D eigenvalue weighted by atomic mass is 32.1. The van der Waals surface area contributed by atoms with Gasteiger partial charge in [0.05, 0.1) is 12.7 Å². The molecule has 1 aromatic carbocycles. The van der Waals surface area contributed by atoms with Gasteiger partial charge in [0, 0.05) is 5.38 Å². The Kier molecular flexibility index (Phi) is 3.06. The number of thiazole rings is 1. The average Bonchev–Trinajstić information content (AvgIpc) is 2.77. The molecule has 0 saturated heterocycles. The van der Waals surface area contributed by atoms with Crippen molar-refractivity contribution < 1.29 is 17.9 Å². The molecule has 90 valence electrons. The quantitative estimate of drug-likeness (QED) is 0.817. The van der Waals surface area contributed by atoms with E-state index in [0.29, 0.717) is 16.3 Å². The molecule has 0 spiro atoms. The summed E-state index contributed by atoms with van der Waals surface area (Å²) in [7, 11) is 1.47.